The van der Waals surface area contributed by atoms with Crippen molar-refractivity contribution < 1.29 is 4.42 Å². The molecule has 1 aromatic carbocycles. The van der Waals surface area contributed by atoms with E-state index in [0.29, 0.717) is 12.0 Å². The van der Waals surface area contributed by atoms with Gasteiger partial charge in [0, 0.05) is 17.3 Å². The van der Waals surface area contributed by atoms with E-state index in [-0.39, 0.29) is 0 Å². The van der Waals surface area contributed by atoms with Crippen molar-refractivity contribution in [3.63, 3.8) is 0 Å². The third-order valence-corrected chi connectivity index (χ3v) is 4.04. The smallest absolute Gasteiger partial charge is 0.134 e. The van der Waals surface area contributed by atoms with Gasteiger partial charge in [0.2, 0.25) is 0 Å². The van der Waals surface area contributed by atoms with Gasteiger partial charge in [0.05, 0.1) is 0 Å². The average Bonchev–Trinajstić information content (AvgIpc) is 2.83. The minimum absolute atomic E-state index is 0.547. The van der Waals surface area contributed by atoms with Crippen molar-refractivity contribution >= 4 is 11.0 Å². The van der Waals surface area contributed by atoms with Crippen molar-refractivity contribution in [2.75, 3.05) is 6.54 Å². The van der Waals surface area contributed by atoms with E-state index in [9.17, 15) is 0 Å². The highest BCUT2D eigenvalue weighted by Crippen LogP contribution is 2.35. The molecule has 1 saturated carbocycles. The Balaban J connectivity index is 1.91. The summed E-state index contributed by atoms with van der Waals surface area (Å²) in [4.78, 5) is 0. The van der Waals surface area contributed by atoms with E-state index >= 15 is 0 Å². The highest BCUT2D eigenvalue weighted by atomic mass is 16.3. The minimum Gasteiger partial charge on any atom is -0.461 e. The summed E-state index contributed by atoms with van der Waals surface area (Å²) in [5, 5.41) is 4.85. The zero-order chi connectivity index (χ0) is 12.4. The SMILES string of the molecule is CCNC1CCCCC1c1cc2ccccc2o1. The van der Waals surface area contributed by atoms with Crippen LogP contribution < -0.4 is 5.32 Å². The van der Waals surface area contributed by atoms with Crippen LogP contribution in [0.4, 0.5) is 0 Å². The molecule has 2 nitrogen and oxygen atoms in total. The van der Waals surface area contributed by atoms with Crippen LogP contribution in [0.5, 0.6) is 0 Å². The standard InChI is InChI=1S/C16H21NO/c1-2-17-14-9-5-4-8-13(14)16-11-12-7-3-6-10-15(12)18-16/h3,6-7,10-11,13-14,17H,2,4-5,8-9H2,1H3. The number of nitrogens with one attached hydrogen (secondary N) is 1. The first-order valence-electron chi connectivity index (χ1n) is 7.10. The molecule has 1 fully saturated rings. The van der Waals surface area contributed by atoms with E-state index in [4.69, 9.17) is 4.42 Å². The lowest BCUT2D eigenvalue weighted by Crippen LogP contribution is -2.36. The van der Waals surface area contributed by atoms with Crippen LogP contribution in [0.3, 0.4) is 0 Å². The maximum absolute atomic E-state index is 6.04. The molecule has 1 heterocycles. The van der Waals surface area contributed by atoms with Gasteiger partial charge >= 0.3 is 0 Å². The first kappa shape index (κ1) is 11.8. The molecule has 1 aliphatic rings. The molecule has 0 bridgehead atoms. The van der Waals surface area contributed by atoms with E-state index in [0.717, 1.165) is 12.1 Å². The molecule has 0 aliphatic heterocycles. The molecule has 18 heavy (non-hydrogen) atoms. The average molecular weight is 243 g/mol. The second-order valence-electron chi connectivity index (χ2n) is 5.24. The number of hydrogen-bond acceptors (Lipinski definition) is 2. The molecule has 2 heteroatoms. The molecule has 2 aromatic rings. The summed E-state index contributed by atoms with van der Waals surface area (Å²) in [5.41, 5.74) is 1.02. The van der Waals surface area contributed by atoms with E-state index < -0.39 is 0 Å². The second-order valence-corrected chi connectivity index (χ2v) is 5.24. The van der Waals surface area contributed by atoms with Crippen LogP contribution in [0.25, 0.3) is 11.0 Å². The summed E-state index contributed by atoms with van der Waals surface area (Å²) < 4.78 is 6.04. The van der Waals surface area contributed by atoms with Gasteiger partial charge < -0.3 is 9.73 Å². The molecule has 0 saturated heterocycles. The zero-order valence-electron chi connectivity index (χ0n) is 11.0. The van der Waals surface area contributed by atoms with Crippen LogP contribution in [0.2, 0.25) is 0 Å². The van der Waals surface area contributed by atoms with Gasteiger partial charge in [-0.2, -0.15) is 0 Å². The number of benzene rings is 1. The molecule has 1 N–H and O–H groups in total. The van der Waals surface area contributed by atoms with Crippen LogP contribution in [0.1, 0.15) is 44.3 Å². The number of fused-ring (bicyclic) bond motifs is 1. The molecular formula is C16H21NO. The van der Waals surface area contributed by atoms with E-state index in [1.54, 1.807) is 0 Å². The first-order valence-corrected chi connectivity index (χ1v) is 7.10. The van der Waals surface area contributed by atoms with Gasteiger partial charge in [-0.05, 0) is 31.5 Å². The van der Waals surface area contributed by atoms with Crippen LogP contribution in [0, 0.1) is 0 Å². The molecule has 2 atom stereocenters. The summed E-state index contributed by atoms with van der Waals surface area (Å²) in [6.45, 7) is 3.23. The van der Waals surface area contributed by atoms with Crippen molar-refractivity contribution in [3.8, 4) is 0 Å². The number of hydrogen-bond donors (Lipinski definition) is 1. The maximum Gasteiger partial charge on any atom is 0.134 e. The van der Waals surface area contributed by atoms with Gasteiger partial charge in [0.25, 0.3) is 0 Å². The molecule has 0 amide bonds. The summed E-state index contributed by atoms with van der Waals surface area (Å²) >= 11 is 0. The minimum atomic E-state index is 0.547. The highest BCUT2D eigenvalue weighted by Gasteiger charge is 2.28. The molecule has 0 spiro atoms. The van der Waals surface area contributed by atoms with Crippen molar-refractivity contribution in [3.05, 3.63) is 36.1 Å². The normalized spacial score (nSPS) is 24.5. The summed E-state index contributed by atoms with van der Waals surface area (Å²) in [6, 6.07) is 11.1. The Morgan fingerprint density at radius 1 is 1.22 bits per heavy atom. The molecule has 1 aromatic heterocycles. The Hall–Kier alpha value is -1.28. The quantitative estimate of drug-likeness (QED) is 0.879. The summed E-state index contributed by atoms with van der Waals surface area (Å²) in [7, 11) is 0. The van der Waals surface area contributed by atoms with Crippen molar-refractivity contribution in [2.24, 2.45) is 0 Å². The third-order valence-electron chi connectivity index (χ3n) is 4.04. The van der Waals surface area contributed by atoms with Crippen molar-refractivity contribution in [1.29, 1.82) is 0 Å². The van der Waals surface area contributed by atoms with E-state index in [1.165, 1.54) is 36.8 Å². The molecule has 96 valence electrons. The topological polar surface area (TPSA) is 25.2 Å². The fraction of sp³-hybridized carbons (Fsp3) is 0.500. The Morgan fingerprint density at radius 2 is 2.06 bits per heavy atom. The van der Waals surface area contributed by atoms with Crippen LogP contribution in [-0.4, -0.2) is 12.6 Å². The molecule has 2 unspecified atom stereocenters. The lowest BCUT2D eigenvalue weighted by Gasteiger charge is -2.30. The number of rotatable bonds is 3. The monoisotopic (exact) mass is 243 g/mol. The number of furan rings is 1. The highest BCUT2D eigenvalue weighted by molar-refractivity contribution is 5.77. The van der Waals surface area contributed by atoms with Crippen molar-refractivity contribution in [1.82, 2.24) is 5.32 Å². The Labute approximate surface area is 108 Å². The Kier molecular flexibility index (Phi) is 3.37. The lowest BCUT2D eigenvalue weighted by molar-refractivity contribution is 0.301. The summed E-state index contributed by atoms with van der Waals surface area (Å²) in [5.74, 6) is 1.72. The van der Waals surface area contributed by atoms with Gasteiger partial charge in [0.1, 0.15) is 11.3 Å². The molecule has 0 radical (unpaired) electrons. The number of likely N-dealkylation sites (N-methyl/N-ethyl adjacent to an activating group) is 1. The second kappa shape index (κ2) is 5.15. The third kappa shape index (κ3) is 2.17. The van der Waals surface area contributed by atoms with Crippen LogP contribution in [-0.2, 0) is 0 Å². The Morgan fingerprint density at radius 3 is 2.89 bits per heavy atom. The zero-order valence-corrected chi connectivity index (χ0v) is 11.0. The van der Waals surface area contributed by atoms with Gasteiger partial charge in [-0.1, -0.05) is 38.0 Å². The molecule has 1 aliphatic carbocycles. The molecular weight excluding hydrogens is 222 g/mol. The predicted octanol–water partition coefficient (Wildman–Crippen LogP) is 4.07. The predicted molar refractivity (Wildman–Crippen MR) is 74.9 cm³/mol. The Bertz CT molecular complexity index is 482. The van der Waals surface area contributed by atoms with Crippen LogP contribution in [0.15, 0.2) is 34.7 Å². The van der Waals surface area contributed by atoms with Crippen molar-refractivity contribution in [2.45, 2.75) is 44.6 Å². The fourth-order valence-electron chi connectivity index (χ4n) is 3.16. The molecule has 3 rings (SSSR count). The maximum atomic E-state index is 6.04. The van der Waals surface area contributed by atoms with Gasteiger partial charge in [0.15, 0.2) is 0 Å². The lowest BCUT2D eigenvalue weighted by atomic mass is 9.83. The number of para-hydroxylation sites is 1. The summed E-state index contributed by atoms with van der Waals surface area (Å²) in [6.07, 6.45) is 5.19. The first-order chi connectivity index (χ1) is 8.88. The van der Waals surface area contributed by atoms with E-state index in [2.05, 4.69) is 36.5 Å². The largest absolute Gasteiger partial charge is 0.461 e. The van der Waals surface area contributed by atoms with E-state index in [1.807, 2.05) is 6.07 Å². The van der Waals surface area contributed by atoms with Gasteiger partial charge in [-0.3, -0.25) is 0 Å². The fourth-order valence-corrected chi connectivity index (χ4v) is 3.16. The van der Waals surface area contributed by atoms with Crippen LogP contribution >= 0.6 is 0 Å². The van der Waals surface area contributed by atoms with Gasteiger partial charge in [-0.15, -0.1) is 0 Å². The van der Waals surface area contributed by atoms with Gasteiger partial charge in [-0.25, -0.2) is 0 Å².